The molecular weight excluding hydrogens is 344 g/mol. The molecule has 2 aromatic rings. The maximum absolute atomic E-state index is 12.3. The van der Waals surface area contributed by atoms with Gasteiger partial charge in [0, 0.05) is 11.8 Å². The molecular formula is C14H13ClN2O5S. The largest absolute Gasteiger partial charge is 0.389 e. The highest BCUT2D eigenvalue weighted by Gasteiger charge is 2.21. The molecule has 23 heavy (non-hydrogen) atoms. The smallest absolute Gasteiger partial charge is 0.289 e. The molecule has 0 amide bonds. The first-order valence-corrected chi connectivity index (χ1v) is 8.31. The summed E-state index contributed by atoms with van der Waals surface area (Å²) in [6.07, 6.45) is -0.754. The first-order valence-electron chi connectivity index (χ1n) is 6.45. The highest BCUT2D eigenvalue weighted by molar-refractivity contribution is 7.92. The highest BCUT2D eigenvalue weighted by Crippen LogP contribution is 2.28. The third kappa shape index (κ3) is 3.98. The summed E-state index contributed by atoms with van der Waals surface area (Å²) in [5.74, 6) is 0. The molecule has 0 heterocycles. The van der Waals surface area contributed by atoms with Crippen molar-refractivity contribution in [1.29, 1.82) is 0 Å². The van der Waals surface area contributed by atoms with E-state index in [1.165, 1.54) is 18.2 Å². The molecule has 122 valence electrons. The molecule has 7 nitrogen and oxygen atoms in total. The lowest BCUT2D eigenvalue weighted by Gasteiger charge is -2.11. The highest BCUT2D eigenvalue weighted by atomic mass is 35.5. The first kappa shape index (κ1) is 17.2. The van der Waals surface area contributed by atoms with Gasteiger partial charge in [-0.25, -0.2) is 8.42 Å². The summed E-state index contributed by atoms with van der Waals surface area (Å²) >= 11 is 5.67. The third-order valence-electron chi connectivity index (χ3n) is 3.05. The van der Waals surface area contributed by atoms with Gasteiger partial charge < -0.3 is 5.11 Å². The van der Waals surface area contributed by atoms with Gasteiger partial charge >= 0.3 is 0 Å². The predicted octanol–water partition coefficient (Wildman–Crippen LogP) is 3.10. The number of nitro groups is 1. The van der Waals surface area contributed by atoms with Gasteiger partial charge in [0.05, 0.1) is 15.9 Å². The number of aliphatic hydroxyl groups excluding tert-OH is 1. The molecule has 0 aliphatic carbocycles. The van der Waals surface area contributed by atoms with Crippen LogP contribution >= 0.6 is 11.6 Å². The summed E-state index contributed by atoms with van der Waals surface area (Å²) in [6.45, 7) is 1.55. The van der Waals surface area contributed by atoms with E-state index < -0.39 is 26.7 Å². The summed E-state index contributed by atoms with van der Waals surface area (Å²) in [6, 6.07) is 9.44. The van der Waals surface area contributed by atoms with Gasteiger partial charge in [-0.15, -0.1) is 0 Å². The van der Waals surface area contributed by atoms with E-state index in [-0.39, 0.29) is 15.6 Å². The van der Waals surface area contributed by atoms with E-state index in [1.807, 2.05) is 0 Å². The van der Waals surface area contributed by atoms with Crippen LogP contribution in [0.2, 0.25) is 5.02 Å². The standard InChI is InChI=1S/C14H13ClN2O5S/c1-9(18)10-3-2-4-11(7-10)16-23(21,22)12-5-6-13(15)14(8-12)17(19)20/h2-9,16,18H,1H3. The number of benzene rings is 2. The SMILES string of the molecule is CC(O)c1cccc(NS(=O)(=O)c2ccc(Cl)c([N+](=O)[O-])c2)c1. The third-order valence-corrected chi connectivity index (χ3v) is 4.74. The van der Waals surface area contributed by atoms with Gasteiger partial charge in [0.2, 0.25) is 0 Å². The van der Waals surface area contributed by atoms with Crippen LogP contribution < -0.4 is 4.72 Å². The second-order valence-electron chi connectivity index (χ2n) is 4.78. The molecule has 0 aliphatic heterocycles. The van der Waals surface area contributed by atoms with Gasteiger partial charge in [-0.3, -0.25) is 14.8 Å². The molecule has 0 aliphatic rings. The lowest BCUT2D eigenvalue weighted by Crippen LogP contribution is -2.13. The number of aliphatic hydroxyl groups is 1. The van der Waals surface area contributed by atoms with E-state index in [0.29, 0.717) is 5.56 Å². The fraction of sp³-hybridized carbons (Fsp3) is 0.143. The Bertz CT molecular complexity index is 852. The molecule has 0 spiro atoms. The van der Waals surface area contributed by atoms with E-state index in [0.717, 1.165) is 12.1 Å². The van der Waals surface area contributed by atoms with Crippen molar-refractivity contribution in [2.45, 2.75) is 17.9 Å². The molecule has 0 aromatic heterocycles. The van der Waals surface area contributed by atoms with Crippen LogP contribution in [-0.2, 0) is 10.0 Å². The van der Waals surface area contributed by atoms with Crippen LogP contribution in [0.3, 0.4) is 0 Å². The Hall–Kier alpha value is -2.16. The molecule has 0 saturated heterocycles. The van der Waals surface area contributed by atoms with E-state index in [1.54, 1.807) is 19.1 Å². The van der Waals surface area contributed by atoms with E-state index in [2.05, 4.69) is 4.72 Å². The first-order chi connectivity index (χ1) is 10.7. The van der Waals surface area contributed by atoms with Crippen LogP contribution in [-0.4, -0.2) is 18.4 Å². The van der Waals surface area contributed by atoms with Gasteiger partial charge in [0.15, 0.2) is 0 Å². The quantitative estimate of drug-likeness (QED) is 0.631. The Kier molecular flexibility index (Phi) is 4.88. The predicted molar refractivity (Wildman–Crippen MR) is 86.0 cm³/mol. The molecule has 1 unspecified atom stereocenters. The fourth-order valence-electron chi connectivity index (χ4n) is 1.88. The molecule has 0 saturated carbocycles. The van der Waals surface area contributed by atoms with E-state index in [4.69, 9.17) is 11.6 Å². The molecule has 9 heteroatoms. The van der Waals surface area contributed by atoms with Crippen LogP contribution in [0.15, 0.2) is 47.4 Å². The van der Waals surface area contributed by atoms with Crippen LogP contribution in [0.1, 0.15) is 18.6 Å². The number of halogens is 1. The topological polar surface area (TPSA) is 110 Å². The van der Waals surface area contributed by atoms with Gasteiger partial charge in [0.1, 0.15) is 5.02 Å². The second-order valence-corrected chi connectivity index (χ2v) is 6.87. The molecule has 0 bridgehead atoms. The second kappa shape index (κ2) is 6.53. The van der Waals surface area contributed by atoms with Gasteiger partial charge in [0.25, 0.3) is 15.7 Å². The molecule has 0 fully saturated rings. The monoisotopic (exact) mass is 356 g/mol. The number of sulfonamides is 1. The Labute approximate surface area is 137 Å². The summed E-state index contributed by atoms with van der Waals surface area (Å²) in [5.41, 5.74) is 0.278. The van der Waals surface area contributed by atoms with Crippen LogP contribution in [0.25, 0.3) is 0 Å². The lowest BCUT2D eigenvalue weighted by atomic mass is 10.1. The van der Waals surface area contributed by atoms with E-state index >= 15 is 0 Å². The van der Waals surface area contributed by atoms with Crippen molar-refractivity contribution in [3.8, 4) is 0 Å². The molecule has 0 radical (unpaired) electrons. The van der Waals surface area contributed by atoms with Gasteiger partial charge in [-0.1, -0.05) is 23.7 Å². The van der Waals surface area contributed by atoms with Crippen LogP contribution in [0, 0.1) is 10.1 Å². The molecule has 2 aromatic carbocycles. The normalized spacial score (nSPS) is 12.7. The fourth-order valence-corrected chi connectivity index (χ4v) is 3.13. The summed E-state index contributed by atoms with van der Waals surface area (Å²) < 4.78 is 27.0. The average Bonchev–Trinajstić information content (AvgIpc) is 2.46. The summed E-state index contributed by atoms with van der Waals surface area (Å²) in [5, 5.41) is 20.2. The Morgan fingerprint density at radius 1 is 1.26 bits per heavy atom. The van der Waals surface area contributed by atoms with Crippen molar-refractivity contribution in [3.63, 3.8) is 0 Å². The minimum absolute atomic E-state index is 0.148. The maximum Gasteiger partial charge on any atom is 0.289 e. The zero-order chi connectivity index (χ0) is 17.2. The summed E-state index contributed by atoms with van der Waals surface area (Å²) in [7, 11) is -4.02. The number of hydrogen-bond acceptors (Lipinski definition) is 5. The van der Waals surface area contributed by atoms with Crippen molar-refractivity contribution >= 4 is 33.0 Å². The van der Waals surface area contributed by atoms with Crippen LogP contribution in [0.5, 0.6) is 0 Å². The number of nitrogens with one attached hydrogen (secondary N) is 1. The Balaban J connectivity index is 2.38. The average molecular weight is 357 g/mol. The molecule has 1 atom stereocenters. The van der Waals surface area contributed by atoms with E-state index in [9.17, 15) is 23.6 Å². The van der Waals surface area contributed by atoms with Crippen molar-refractivity contribution < 1.29 is 18.4 Å². The van der Waals surface area contributed by atoms with Gasteiger partial charge in [-0.2, -0.15) is 0 Å². The van der Waals surface area contributed by atoms with Crippen LogP contribution in [0.4, 0.5) is 11.4 Å². The molecule has 2 N–H and O–H groups in total. The summed E-state index contributed by atoms with van der Waals surface area (Å²) in [4.78, 5) is 9.82. The Morgan fingerprint density at radius 2 is 1.96 bits per heavy atom. The van der Waals surface area contributed by atoms with Crippen molar-refractivity contribution in [3.05, 3.63) is 63.2 Å². The number of nitro benzene ring substituents is 1. The minimum Gasteiger partial charge on any atom is -0.389 e. The minimum atomic E-state index is -4.02. The molecule has 2 rings (SSSR count). The number of rotatable bonds is 5. The number of anilines is 1. The number of nitrogens with zero attached hydrogens (tertiary/aromatic N) is 1. The number of hydrogen-bond donors (Lipinski definition) is 2. The Morgan fingerprint density at radius 3 is 2.57 bits per heavy atom. The maximum atomic E-state index is 12.3. The van der Waals surface area contributed by atoms with Crippen molar-refractivity contribution in [2.75, 3.05) is 4.72 Å². The van der Waals surface area contributed by atoms with Gasteiger partial charge in [-0.05, 0) is 36.8 Å². The lowest BCUT2D eigenvalue weighted by molar-refractivity contribution is -0.384. The zero-order valence-electron chi connectivity index (χ0n) is 11.9. The van der Waals surface area contributed by atoms with Crippen molar-refractivity contribution in [1.82, 2.24) is 0 Å². The van der Waals surface area contributed by atoms with Crippen molar-refractivity contribution in [2.24, 2.45) is 0 Å². The zero-order valence-corrected chi connectivity index (χ0v) is 13.5.